The monoisotopic (exact) mass is 286 g/mol. The van der Waals surface area contributed by atoms with Gasteiger partial charge < -0.3 is 20.5 Å². The largest absolute Gasteiger partial charge is 0.480 e. The average molecular weight is 286 g/mol. The van der Waals surface area contributed by atoms with Crippen LogP contribution in [-0.2, 0) is 14.3 Å². The van der Waals surface area contributed by atoms with Crippen LogP contribution >= 0.6 is 0 Å². The Hall–Kier alpha value is -1.79. The van der Waals surface area contributed by atoms with Crippen molar-refractivity contribution in [2.45, 2.75) is 51.1 Å². The van der Waals surface area contributed by atoms with Gasteiger partial charge in [-0.2, -0.15) is 0 Å². The number of nitrogens with one attached hydrogen (secondary N) is 2. The van der Waals surface area contributed by atoms with E-state index >= 15 is 0 Å². The Kier molecular flexibility index (Phi) is 6.27. The van der Waals surface area contributed by atoms with Gasteiger partial charge in [0.25, 0.3) is 0 Å². The van der Waals surface area contributed by atoms with E-state index in [1.165, 1.54) is 7.11 Å². The van der Waals surface area contributed by atoms with E-state index in [4.69, 9.17) is 5.11 Å². The van der Waals surface area contributed by atoms with Crippen molar-refractivity contribution >= 4 is 18.0 Å². The van der Waals surface area contributed by atoms with Crippen molar-refractivity contribution in [1.82, 2.24) is 10.6 Å². The molecule has 0 bridgehead atoms. The molecule has 0 aromatic heterocycles. The van der Waals surface area contributed by atoms with E-state index in [0.29, 0.717) is 5.92 Å². The van der Waals surface area contributed by atoms with Crippen molar-refractivity contribution in [3.05, 3.63) is 0 Å². The maximum absolute atomic E-state index is 11.8. The summed E-state index contributed by atoms with van der Waals surface area (Å²) in [4.78, 5) is 33.8. The quantitative estimate of drug-likeness (QED) is 0.629. The lowest BCUT2D eigenvalue weighted by molar-refractivity contribution is -0.142. The lowest BCUT2D eigenvalue weighted by Gasteiger charge is -2.20. The number of carbonyl (C=O) groups is 3. The van der Waals surface area contributed by atoms with Gasteiger partial charge in [0, 0.05) is 12.5 Å². The van der Waals surface area contributed by atoms with Crippen LogP contribution in [0.3, 0.4) is 0 Å². The fourth-order valence-electron chi connectivity index (χ4n) is 2.35. The van der Waals surface area contributed by atoms with Crippen LogP contribution < -0.4 is 10.6 Å². The minimum Gasteiger partial charge on any atom is -0.480 e. The summed E-state index contributed by atoms with van der Waals surface area (Å²) in [5.74, 6) is -1.26. The first-order chi connectivity index (χ1) is 9.43. The Labute approximate surface area is 118 Å². The number of rotatable bonds is 6. The first kappa shape index (κ1) is 16.3. The summed E-state index contributed by atoms with van der Waals surface area (Å²) >= 11 is 0. The van der Waals surface area contributed by atoms with Crippen molar-refractivity contribution in [3.8, 4) is 0 Å². The van der Waals surface area contributed by atoms with Gasteiger partial charge in [-0.1, -0.05) is 13.3 Å². The maximum atomic E-state index is 11.8. The average Bonchev–Trinajstić information content (AvgIpc) is 2.79. The lowest BCUT2D eigenvalue weighted by Crippen LogP contribution is -2.49. The van der Waals surface area contributed by atoms with Crippen molar-refractivity contribution in [2.75, 3.05) is 7.11 Å². The van der Waals surface area contributed by atoms with E-state index in [0.717, 1.165) is 19.3 Å². The fourth-order valence-corrected chi connectivity index (χ4v) is 2.35. The molecule has 1 aliphatic carbocycles. The highest BCUT2D eigenvalue weighted by Crippen LogP contribution is 2.24. The molecule has 1 saturated carbocycles. The molecule has 3 N–H and O–H groups in total. The molecular weight excluding hydrogens is 264 g/mol. The zero-order valence-corrected chi connectivity index (χ0v) is 11.8. The molecule has 0 heterocycles. The highest BCUT2D eigenvalue weighted by atomic mass is 16.5. The van der Waals surface area contributed by atoms with Crippen LogP contribution in [0.5, 0.6) is 0 Å². The summed E-state index contributed by atoms with van der Waals surface area (Å²) < 4.78 is 4.45. The number of esters is 1. The fraction of sp³-hybridized carbons (Fsp3) is 0.769. The van der Waals surface area contributed by atoms with Crippen LogP contribution in [0.15, 0.2) is 0 Å². The van der Waals surface area contributed by atoms with Crippen LogP contribution in [0, 0.1) is 5.92 Å². The summed E-state index contributed by atoms with van der Waals surface area (Å²) in [7, 11) is 1.24. The zero-order valence-electron chi connectivity index (χ0n) is 11.8. The van der Waals surface area contributed by atoms with E-state index in [-0.39, 0.29) is 18.9 Å². The molecule has 1 rings (SSSR count). The van der Waals surface area contributed by atoms with Crippen LogP contribution in [0.4, 0.5) is 4.79 Å². The predicted molar refractivity (Wildman–Crippen MR) is 71.1 cm³/mol. The minimum atomic E-state index is -1.16. The summed E-state index contributed by atoms with van der Waals surface area (Å²) in [6.45, 7) is 2.06. The van der Waals surface area contributed by atoms with E-state index in [2.05, 4.69) is 22.3 Å². The van der Waals surface area contributed by atoms with Crippen molar-refractivity contribution < 1.29 is 24.2 Å². The molecule has 114 valence electrons. The van der Waals surface area contributed by atoms with Gasteiger partial charge >= 0.3 is 18.0 Å². The van der Waals surface area contributed by atoms with Gasteiger partial charge in [-0.25, -0.2) is 9.59 Å². The second-order valence-corrected chi connectivity index (χ2v) is 5.14. The third-order valence-electron chi connectivity index (χ3n) is 3.65. The minimum absolute atomic E-state index is 0.00957. The van der Waals surface area contributed by atoms with Gasteiger partial charge in [-0.15, -0.1) is 0 Å². The number of carboxylic acids is 1. The van der Waals surface area contributed by atoms with E-state index in [9.17, 15) is 14.4 Å². The molecule has 7 nitrogen and oxygen atoms in total. The molecular formula is C13H22N2O5. The third kappa shape index (κ3) is 5.07. The van der Waals surface area contributed by atoms with Gasteiger partial charge in [0.2, 0.25) is 0 Å². The van der Waals surface area contributed by atoms with Gasteiger partial charge in [0.15, 0.2) is 0 Å². The number of carbonyl (C=O) groups excluding carboxylic acids is 2. The van der Waals surface area contributed by atoms with Crippen LogP contribution in [-0.4, -0.2) is 42.3 Å². The molecule has 2 unspecified atom stereocenters. The molecule has 0 radical (unpaired) electrons. The molecule has 0 aliphatic heterocycles. The number of ether oxygens (including phenoxy) is 1. The molecule has 1 fully saturated rings. The summed E-state index contributed by atoms with van der Waals surface area (Å²) in [6.07, 6.45) is 3.00. The molecule has 2 amide bonds. The molecule has 1 aliphatic rings. The number of amides is 2. The van der Waals surface area contributed by atoms with Crippen LogP contribution in [0.25, 0.3) is 0 Å². The number of urea groups is 1. The highest BCUT2D eigenvalue weighted by Gasteiger charge is 2.27. The first-order valence-corrected chi connectivity index (χ1v) is 6.80. The standard InChI is InChI=1S/C13H22N2O5/c1-8-4-3-5-9(8)14-13(19)15-10(12(17)18)6-7-11(16)20-2/h8-10H,3-7H2,1-2H3,(H,17,18)(H2,14,15,19)/t8?,9?,10-/m1/s1. The topological polar surface area (TPSA) is 105 Å². The summed E-state index contributed by atoms with van der Waals surface area (Å²) in [5.41, 5.74) is 0. The number of carboxylic acid groups (broad SMARTS) is 1. The van der Waals surface area contributed by atoms with Gasteiger partial charge in [-0.3, -0.25) is 4.79 Å². The number of aliphatic carboxylic acids is 1. The molecule has 0 saturated heterocycles. The molecule has 0 spiro atoms. The third-order valence-corrected chi connectivity index (χ3v) is 3.65. The Morgan fingerprint density at radius 1 is 1.35 bits per heavy atom. The van der Waals surface area contributed by atoms with Gasteiger partial charge in [0.1, 0.15) is 6.04 Å². The lowest BCUT2D eigenvalue weighted by atomic mass is 10.1. The van der Waals surface area contributed by atoms with Crippen molar-refractivity contribution in [2.24, 2.45) is 5.92 Å². The Balaban J connectivity index is 2.42. The number of hydrogen-bond donors (Lipinski definition) is 3. The number of methoxy groups -OCH3 is 1. The second-order valence-electron chi connectivity index (χ2n) is 5.14. The van der Waals surface area contributed by atoms with Crippen molar-refractivity contribution in [3.63, 3.8) is 0 Å². The second kappa shape index (κ2) is 7.72. The summed E-state index contributed by atoms with van der Waals surface area (Å²) in [6, 6.07) is -1.50. The van der Waals surface area contributed by atoms with E-state index < -0.39 is 24.0 Å². The van der Waals surface area contributed by atoms with Gasteiger partial charge in [-0.05, 0) is 25.2 Å². The molecule has 7 heteroatoms. The molecule has 3 atom stereocenters. The normalized spacial score (nSPS) is 22.9. The maximum Gasteiger partial charge on any atom is 0.326 e. The smallest absolute Gasteiger partial charge is 0.326 e. The first-order valence-electron chi connectivity index (χ1n) is 6.80. The Morgan fingerprint density at radius 3 is 2.55 bits per heavy atom. The highest BCUT2D eigenvalue weighted by molar-refractivity contribution is 5.83. The summed E-state index contributed by atoms with van der Waals surface area (Å²) in [5, 5.41) is 14.2. The van der Waals surface area contributed by atoms with Crippen molar-refractivity contribution in [1.29, 1.82) is 0 Å². The SMILES string of the molecule is COC(=O)CC[C@@H](NC(=O)NC1CCCC1C)C(=O)O. The zero-order chi connectivity index (χ0) is 15.1. The van der Waals surface area contributed by atoms with E-state index in [1.807, 2.05) is 0 Å². The molecule has 0 aromatic carbocycles. The van der Waals surface area contributed by atoms with Gasteiger partial charge in [0.05, 0.1) is 7.11 Å². The Bertz CT molecular complexity index is 372. The molecule has 20 heavy (non-hydrogen) atoms. The molecule has 0 aromatic rings. The number of hydrogen-bond acceptors (Lipinski definition) is 4. The van der Waals surface area contributed by atoms with E-state index in [1.54, 1.807) is 0 Å². The van der Waals surface area contributed by atoms with Crippen LogP contribution in [0.2, 0.25) is 0 Å². The predicted octanol–water partition coefficient (Wildman–Crippen LogP) is 0.881. The van der Waals surface area contributed by atoms with Crippen LogP contribution in [0.1, 0.15) is 39.0 Å². The Morgan fingerprint density at radius 2 is 2.05 bits per heavy atom.